The highest BCUT2D eigenvalue weighted by molar-refractivity contribution is 7.89. The van der Waals surface area contributed by atoms with Crippen molar-refractivity contribution in [1.82, 2.24) is 9.21 Å². The van der Waals surface area contributed by atoms with Crippen LogP contribution in [0.25, 0.3) is 0 Å². The predicted octanol–water partition coefficient (Wildman–Crippen LogP) is 2.51. The molecule has 31 heavy (non-hydrogen) atoms. The fourth-order valence-electron chi connectivity index (χ4n) is 3.70. The number of hydrogen-bond acceptors (Lipinski definition) is 5. The molecule has 1 fully saturated rings. The summed E-state index contributed by atoms with van der Waals surface area (Å²) in [4.78, 5) is 26.3. The van der Waals surface area contributed by atoms with Gasteiger partial charge in [-0.25, -0.2) is 8.42 Å². The fourth-order valence-corrected chi connectivity index (χ4v) is 5.56. The minimum absolute atomic E-state index is 0.125. The van der Waals surface area contributed by atoms with Crippen molar-refractivity contribution in [3.05, 3.63) is 52.5 Å². The van der Waals surface area contributed by atoms with Crippen molar-refractivity contribution in [1.29, 1.82) is 0 Å². The summed E-state index contributed by atoms with van der Waals surface area (Å²) >= 11 is 6.12. The molecule has 1 N–H and O–H groups in total. The van der Waals surface area contributed by atoms with E-state index in [2.05, 4.69) is 5.32 Å². The molecule has 0 bridgehead atoms. The number of ether oxygens (including phenoxy) is 1. The molecule has 2 aliphatic heterocycles. The lowest BCUT2D eigenvalue weighted by Gasteiger charge is -2.34. The molecule has 4 rings (SSSR count). The number of carbonyl (C=O) groups is 2. The highest BCUT2D eigenvalue weighted by Crippen LogP contribution is 2.35. The van der Waals surface area contributed by atoms with Crippen molar-refractivity contribution < 1.29 is 22.7 Å². The number of amides is 2. The minimum Gasteiger partial charge on any atom is -0.479 e. The molecule has 0 aromatic heterocycles. The second-order valence-electron chi connectivity index (χ2n) is 7.54. The summed E-state index contributed by atoms with van der Waals surface area (Å²) in [5, 5.41) is 3.09. The number of hydrogen-bond donors (Lipinski definition) is 1. The normalized spacial score (nSPS) is 19.4. The predicted molar refractivity (Wildman–Crippen MR) is 116 cm³/mol. The number of fused-ring (bicyclic) bond motifs is 1. The number of aryl methyl sites for hydroxylation is 1. The molecule has 0 saturated carbocycles. The van der Waals surface area contributed by atoms with Gasteiger partial charge in [-0.15, -0.1) is 0 Å². The summed E-state index contributed by atoms with van der Waals surface area (Å²) in [6, 6.07) is 9.86. The molecule has 2 aromatic carbocycles. The number of sulfonamides is 1. The Hall–Kier alpha value is -2.62. The van der Waals surface area contributed by atoms with Crippen molar-refractivity contribution in [2.24, 2.45) is 0 Å². The molecule has 1 unspecified atom stereocenters. The van der Waals surface area contributed by atoms with Crippen molar-refractivity contribution >= 4 is 39.1 Å². The molecule has 1 saturated heterocycles. The SMILES string of the molecule is Cc1cc2c(cc1S(=O)(=O)N1CCN(C(=O)c3ccccc3Cl)CC1)OC(C)C(=O)N2. The molecule has 2 amide bonds. The molecule has 0 radical (unpaired) electrons. The van der Waals surface area contributed by atoms with Gasteiger partial charge in [0.25, 0.3) is 11.8 Å². The molecular weight excluding hydrogens is 442 g/mol. The number of benzene rings is 2. The van der Waals surface area contributed by atoms with E-state index in [-0.39, 0.29) is 42.9 Å². The van der Waals surface area contributed by atoms with Gasteiger partial charge in [0, 0.05) is 32.2 Å². The van der Waals surface area contributed by atoms with Crippen LogP contribution in [0.1, 0.15) is 22.8 Å². The summed E-state index contributed by atoms with van der Waals surface area (Å²) < 4.78 is 33.5. The summed E-state index contributed by atoms with van der Waals surface area (Å²) in [5.74, 6) is -0.170. The molecule has 10 heteroatoms. The number of nitrogens with one attached hydrogen (secondary N) is 1. The van der Waals surface area contributed by atoms with Gasteiger partial charge in [-0.3, -0.25) is 9.59 Å². The molecule has 0 aliphatic carbocycles. The Bertz CT molecular complexity index is 1160. The van der Waals surface area contributed by atoms with Gasteiger partial charge in [0.15, 0.2) is 6.10 Å². The molecule has 2 aliphatic rings. The van der Waals surface area contributed by atoms with Crippen LogP contribution in [0.2, 0.25) is 5.02 Å². The van der Waals surface area contributed by atoms with Crippen LogP contribution in [0.5, 0.6) is 5.75 Å². The van der Waals surface area contributed by atoms with Crippen molar-refractivity contribution in [3.8, 4) is 5.75 Å². The summed E-state index contributed by atoms with van der Waals surface area (Å²) in [6.45, 7) is 4.13. The molecule has 2 heterocycles. The lowest BCUT2D eigenvalue weighted by molar-refractivity contribution is -0.122. The van der Waals surface area contributed by atoms with Gasteiger partial charge in [-0.1, -0.05) is 23.7 Å². The van der Waals surface area contributed by atoms with Gasteiger partial charge < -0.3 is 15.0 Å². The van der Waals surface area contributed by atoms with E-state index in [9.17, 15) is 18.0 Å². The van der Waals surface area contributed by atoms with Crippen LogP contribution < -0.4 is 10.1 Å². The van der Waals surface area contributed by atoms with Crippen molar-refractivity contribution in [2.75, 3.05) is 31.5 Å². The number of halogens is 1. The van der Waals surface area contributed by atoms with E-state index in [0.717, 1.165) is 0 Å². The zero-order valence-corrected chi connectivity index (χ0v) is 18.7. The quantitative estimate of drug-likeness (QED) is 0.754. The van der Waals surface area contributed by atoms with E-state index in [4.69, 9.17) is 16.3 Å². The Morgan fingerprint density at radius 2 is 1.84 bits per heavy atom. The van der Waals surface area contributed by atoms with Crippen molar-refractivity contribution in [2.45, 2.75) is 24.8 Å². The second kappa shape index (κ2) is 8.14. The van der Waals surface area contributed by atoms with Gasteiger partial charge in [0.2, 0.25) is 10.0 Å². The van der Waals surface area contributed by atoms with Crippen molar-refractivity contribution in [3.63, 3.8) is 0 Å². The Balaban J connectivity index is 1.52. The average molecular weight is 464 g/mol. The molecule has 164 valence electrons. The minimum atomic E-state index is -3.80. The van der Waals surface area contributed by atoms with Crippen LogP contribution in [-0.2, 0) is 14.8 Å². The van der Waals surface area contributed by atoms with Crippen LogP contribution in [0, 0.1) is 6.92 Å². The van der Waals surface area contributed by atoms with E-state index in [1.54, 1.807) is 49.1 Å². The number of rotatable bonds is 3. The van der Waals surface area contributed by atoms with Gasteiger partial charge in [0.1, 0.15) is 5.75 Å². The van der Waals surface area contributed by atoms with Gasteiger partial charge >= 0.3 is 0 Å². The molecule has 1 atom stereocenters. The van der Waals surface area contributed by atoms with Crippen LogP contribution >= 0.6 is 11.6 Å². The first-order valence-corrected chi connectivity index (χ1v) is 11.7. The third-order valence-electron chi connectivity index (χ3n) is 5.46. The topological polar surface area (TPSA) is 96.0 Å². The fraction of sp³-hybridized carbons (Fsp3) is 0.333. The standard InChI is InChI=1S/C21H22ClN3O5S/c1-13-11-17-18(30-14(2)20(26)23-17)12-19(13)31(28,29)25-9-7-24(8-10-25)21(27)15-5-3-4-6-16(15)22/h3-6,11-12,14H,7-10H2,1-2H3,(H,23,26). The molecule has 2 aromatic rings. The molecule has 0 spiro atoms. The largest absolute Gasteiger partial charge is 0.479 e. The van der Waals surface area contributed by atoms with Crippen LogP contribution in [0.15, 0.2) is 41.3 Å². The third kappa shape index (κ3) is 4.00. The number of nitrogens with zero attached hydrogens (tertiary/aromatic N) is 2. The van der Waals surface area contributed by atoms with E-state index in [1.807, 2.05) is 0 Å². The first kappa shape index (κ1) is 21.6. The van der Waals surface area contributed by atoms with E-state index < -0.39 is 16.1 Å². The maximum atomic E-state index is 13.3. The third-order valence-corrected chi connectivity index (χ3v) is 7.83. The Kier molecular flexibility index (Phi) is 5.67. The first-order valence-electron chi connectivity index (χ1n) is 9.84. The van der Waals surface area contributed by atoms with Gasteiger partial charge in [-0.05, 0) is 37.6 Å². The summed E-state index contributed by atoms with van der Waals surface area (Å²) in [5.41, 5.74) is 1.36. The monoisotopic (exact) mass is 463 g/mol. The highest BCUT2D eigenvalue weighted by atomic mass is 35.5. The maximum Gasteiger partial charge on any atom is 0.265 e. The van der Waals surface area contributed by atoms with Crippen LogP contribution in [0.3, 0.4) is 0 Å². The van der Waals surface area contributed by atoms with Gasteiger partial charge in [0.05, 0.1) is 21.2 Å². The number of carbonyl (C=O) groups excluding carboxylic acids is 2. The van der Waals surface area contributed by atoms with E-state index in [1.165, 1.54) is 10.4 Å². The lowest BCUT2D eigenvalue weighted by atomic mass is 10.1. The van der Waals surface area contributed by atoms with Crippen LogP contribution in [-0.4, -0.2) is 61.7 Å². The second-order valence-corrected chi connectivity index (χ2v) is 9.85. The smallest absolute Gasteiger partial charge is 0.265 e. The summed E-state index contributed by atoms with van der Waals surface area (Å²) in [7, 11) is -3.80. The zero-order valence-electron chi connectivity index (χ0n) is 17.1. The number of anilines is 1. The van der Waals surface area contributed by atoms with E-state index >= 15 is 0 Å². The number of piperazine rings is 1. The molecule has 8 nitrogen and oxygen atoms in total. The highest BCUT2D eigenvalue weighted by Gasteiger charge is 2.33. The maximum absolute atomic E-state index is 13.3. The Labute approximate surface area is 185 Å². The van der Waals surface area contributed by atoms with Crippen LogP contribution in [0.4, 0.5) is 5.69 Å². The Morgan fingerprint density at radius 1 is 1.16 bits per heavy atom. The van der Waals surface area contributed by atoms with E-state index in [0.29, 0.717) is 27.6 Å². The zero-order chi connectivity index (χ0) is 22.3. The average Bonchev–Trinajstić information content (AvgIpc) is 2.74. The first-order chi connectivity index (χ1) is 14.7. The Morgan fingerprint density at radius 3 is 2.52 bits per heavy atom. The summed E-state index contributed by atoms with van der Waals surface area (Å²) in [6.07, 6.45) is -0.704. The lowest BCUT2D eigenvalue weighted by Crippen LogP contribution is -2.50. The van der Waals surface area contributed by atoms with Gasteiger partial charge in [-0.2, -0.15) is 4.31 Å². The molecular formula is C21H22ClN3O5S.